The van der Waals surface area contributed by atoms with Crippen molar-refractivity contribution in [3.8, 4) is 0 Å². The zero-order valence-corrected chi connectivity index (χ0v) is 7.95. The van der Waals surface area contributed by atoms with Gasteiger partial charge in [0.2, 0.25) is 0 Å². The van der Waals surface area contributed by atoms with Gasteiger partial charge in [0.15, 0.2) is 0 Å². The predicted octanol–water partition coefficient (Wildman–Crippen LogP) is 0.492. The van der Waals surface area contributed by atoms with E-state index >= 15 is 0 Å². The maximum atomic E-state index is 10.5. The second-order valence-corrected chi connectivity index (χ2v) is 3.30. The number of carbonyl (C=O) groups is 1. The molecule has 13 heavy (non-hydrogen) atoms. The molecule has 0 saturated carbocycles. The minimum atomic E-state index is -0.728. The quantitative estimate of drug-likeness (QED) is 0.667. The lowest BCUT2D eigenvalue weighted by Crippen LogP contribution is -2.30. The number of aliphatic carboxylic acids is 1. The van der Waals surface area contributed by atoms with Gasteiger partial charge in [0.25, 0.3) is 5.82 Å². The van der Waals surface area contributed by atoms with Crippen LogP contribution in [0.1, 0.15) is 19.2 Å². The van der Waals surface area contributed by atoms with Gasteiger partial charge in [0, 0.05) is 6.42 Å². The molecule has 1 heterocycles. The summed E-state index contributed by atoms with van der Waals surface area (Å²) in [5.41, 5.74) is 0. The van der Waals surface area contributed by atoms with Gasteiger partial charge >= 0.3 is 5.97 Å². The van der Waals surface area contributed by atoms with Crippen LogP contribution in [0.5, 0.6) is 0 Å². The van der Waals surface area contributed by atoms with Crippen LogP contribution in [-0.4, -0.2) is 16.1 Å². The van der Waals surface area contributed by atoms with E-state index in [4.69, 9.17) is 5.11 Å². The van der Waals surface area contributed by atoms with Gasteiger partial charge in [-0.1, -0.05) is 6.92 Å². The maximum Gasteiger partial charge on any atom is 0.306 e. The predicted molar refractivity (Wildman–Crippen MR) is 47.1 cm³/mol. The Balaban J connectivity index is 2.44. The average molecular weight is 183 g/mol. The van der Waals surface area contributed by atoms with Gasteiger partial charge in [0.05, 0.1) is 13.0 Å². The Hall–Kier alpha value is -1.32. The van der Waals surface area contributed by atoms with Crippen molar-refractivity contribution in [1.82, 2.24) is 4.98 Å². The summed E-state index contributed by atoms with van der Waals surface area (Å²) >= 11 is 0. The molecule has 0 radical (unpaired) electrons. The molecule has 1 unspecified atom stereocenters. The first-order valence-corrected chi connectivity index (χ1v) is 4.36. The molecule has 0 amide bonds. The van der Waals surface area contributed by atoms with E-state index in [-0.39, 0.29) is 5.92 Å². The number of imidazole rings is 1. The van der Waals surface area contributed by atoms with Crippen molar-refractivity contribution in [2.75, 3.05) is 0 Å². The fourth-order valence-electron chi connectivity index (χ4n) is 1.16. The van der Waals surface area contributed by atoms with Crippen molar-refractivity contribution < 1.29 is 14.5 Å². The number of H-pyrrole nitrogens is 1. The number of aromatic amines is 1. The maximum absolute atomic E-state index is 10.5. The molecule has 1 aromatic heterocycles. The molecule has 0 fully saturated rings. The third kappa shape index (κ3) is 2.57. The lowest BCUT2D eigenvalue weighted by Gasteiger charge is -2.02. The normalized spacial score (nSPS) is 12.8. The first-order valence-electron chi connectivity index (χ1n) is 4.36. The molecule has 0 bridgehead atoms. The molecule has 1 rings (SSSR count). The summed E-state index contributed by atoms with van der Waals surface area (Å²) in [6.45, 7) is 1.73. The second kappa shape index (κ2) is 4.07. The topological polar surface area (TPSA) is 57.0 Å². The van der Waals surface area contributed by atoms with Crippen LogP contribution >= 0.6 is 0 Å². The number of hydrogen-bond donors (Lipinski definition) is 2. The molecule has 2 N–H and O–H groups in total. The van der Waals surface area contributed by atoms with Crippen LogP contribution in [0.15, 0.2) is 12.4 Å². The van der Waals surface area contributed by atoms with Gasteiger partial charge in [0.1, 0.15) is 12.4 Å². The number of hydrogen-bond acceptors (Lipinski definition) is 1. The van der Waals surface area contributed by atoms with Crippen molar-refractivity contribution >= 4 is 5.97 Å². The zero-order valence-electron chi connectivity index (χ0n) is 7.95. The molecule has 4 nitrogen and oxygen atoms in total. The molecular weight excluding hydrogens is 168 g/mol. The van der Waals surface area contributed by atoms with Crippen LogP contribution < -0.4 is 4.57 Å². The van der Waals surface area contributed by atoms with Crippen molar-refractivity contribution in [3.63, 3.8) is 0 Å². The van der Waals surface area contributed by atoms with Gasteiger partial charge in [-0.3, -0.25) is 4.79 Å². The standard InChI is InChI=1S/C9H14N2O2/c1-7(9(12)13)3-4-8-10-5-6-11(8)2/h5-7H,3-4H2,1-2H3,(H,12,13)/p+1. The molecular formula is C9H15N2O2+. The Kier molecular flexibility index (Phi) is 3.06. The molecule has 0 aliphatic heterocycles. The molecule has 4 heteroatoms. The Morgan fingerprint density at radius 1 is 1.77 bits per heavy atom. The minimum absolute atomic E-state index is 0.275. The second-order valence-electron chi connectivity index (χ2n) is 3.30. The SMILES string of the molecule is CC(CCc1[nH]cc[n+]1C)C(=O)O. The Morgan fingerprint density at radius 3 is 2.92 bits per heavy atom. The minimum Gasteiger partial charge on any atom is -0.481 e. The zero-order chi connectivity index (χ0) is 9.84. The highest BCUT2D eigenvalue weighted by Crippen LogP contribution is 2.05. The Morgan fingerprint density at radius 2 is 2.46 bits per heavy atom. The van der Waals surface area contributed by atoms with E-state index in [1.807, 2.05) is 24.0 Å². The van der Waals surface area contributed by atoms with Crippen LogP contribution in [0.25, 0.3) is 0 Å². The van der Waals surface area contributed by atoms with Crippen LogP contribution in [0.3, 0.4) is 0 Å². The lowest BCUT2D eigenvalue weighted by molar-refractivity contribution is -0.677. The smallest absolute Gasteiger partial charge is 0.306 e. The van der Waals surface area contributed by atoms with Crippen molar-refractivity contribution in [3.05, 3.63) is 18.2 Å². The summed E-state index contributed by atoms with van der Waals surface area (Å²) in [6.07, 6.45) is 5.21. The summed E-state index contributed by atoms with van der Waals surface area (Å²) in [7, 11) is 1.94. The summed E-state index contributed by atoms with van der Waals surface area (Å²) in [4.78, 5) is 13.6. The van der Waals surface area contributed by atoms with Crippen LogP contribution in [0.4, 0.5) is 0 Å². The number of nitrogens with one attached hydrogen (secondary N) is 1. The largest absolute Gasteiger partial charge is 0.481 e. The lowest BCUT2D eigenvalue weighted by atomic mass is 10.1. The fourth-order valence-corrected chi connectivity index (χ4v) is 1.16. The van der Waals surface area contributed by atoms with E-state index in [9.17, 15) is 4.79 Å². The fraction of sp³-hybridized carbons (Fsp3) is 0.556. The first-order chi connectivity index (χ1) is 6.11. The number of nitrogens with zero attached hydrogens (tertiary/aromatic N) is 1. The Bertz CT molecular complexity index is 294. The van der Waals surface area contributed by atoms with Crippen LogP contribution in [0.2, 0.25) is 0 Å². The van der Waals surface area contributed by atoms with Crippen molar-refractivity contribution in [2.45, 2.75) is 19.8 Å². The van der Waals surface area contributed by atoms with Gasteiger partial charge in [-0.2, -0.15) is 0 Å². The highest BCUT2D eigenvalue weighted by atomic mass is 16.4. The molecule has 1 atom stereocenters. The van der Waals surface area contributed by atoms with Crippen LogP contribution in [0, 0.1) is 5.92 Å². The molecule has 0 spiro atoms. The number of aryl methyl sites for hydroxylation is 2. The number of carboxylic acid groups (broad SMARTS) is 1. The average Bonchev–Trinajstić information content (AvgIpc) is 2.47. The van der Waals surface area contributed by atoms with E-state index in [1.165, 1.54) is 0 Å². The summed E-state index contributed by atoms with van der Waals surface area (Å²) in [6, 6.07) is 0. The molecule has 0 aliphatic rings. The van der Waals surface area contributed by atoms with E-state index in [2.05, 4.69) is 4.98 Å². The third-order valence-electron chi connectivity index (χ3n) is 2.21. The monoisotopic (exact) mass is 183 g/mol. The summed E-state index contributed by atoms with van der Waals surface area (Å²) in [5, 5.41) is 8.66. The number of carboxylic acids is 1. The van der Waals surface area contributed by atoms with E-state index < -0.39 is 5.97 Å². The van der Waals surface area contributed by atoms with E-state index in [0.717, 1.165) is 12.2 Å². The van der Waals surface area contributed by atoms with Gasteiger partial charge in [-0.05, 0) is 6.42 Å². The third-order valence-corrected chi connectivity index (χ3v) is 2.21. The highest BCUT2D eigenvalue weighted by Gasteiger charge is 2.14. The molecule has 0 saturated heterocycles. The van der Waals surface area contributed by atoms with Gasteiger partial charge in [-0.15, -0.1) is 0 Å². The van der Waals surface area contributed by atoms with Crippen molar-refractivity contribution in [2.24, 2.45) is 13.0 Å². The molecule has 72 valence electrons. The van der Waals surface area contributed by atoms with Crippen molar-refractivity contribution in [1.29, 1.82) is 0 Å². The van der Waals surface area contributed by atoms with E-state index in [0.29, 0.717) is 6.42 Å². The summed E-state index contributed by atoms with van der Waals surface area (Å²) < 4.78 is 1.97. The highest BCUT2D eigenvalue weighted by molar-refractivity contribution is 5.69. The molecule has 1 aromatic rings. The Labute approximate surface area is 77.2 Å². The molecule has 0 aromatic carbocycles. The first kappa shape index (κ1) is 9.77. The number of aromatic nitrogens is 2. The summed E-state index contributed by atoms with van der Waals surface area (Å²) in [5.74, 6) is 0.0607. The van der Waals surface area contributed by atoms with Gasteiger partial charge < -0.3 is 5.11 Å². The van der Waals surface area contributed by atoms with Crippen LogP contribution in [-0.2, 0) is 18.3 Å². The van der Waals surface area contributed by atoms with Gasteiger partial charge in [-0.25, -0.2) is 9.55 Å². The van der Waals surface area contributed by atoms with E-state index in [1.54, 1.807) is 6.92 Å². The number of rotatable bonds is 4. The molecule has 0 aliphatic carbocycles.